The topological polar surface area (TPSA) is 41.6 Å². The van der Waals surface area contributed by atoms with E-state index in [-0.39, 0.29) is 17.5 Å². The lowest BCUT2D eigenvalue weighted by molar-refractivity contribution is -0.117. The summed E-state index contributed by atoms with van der Waals surface area (Å²) in [6, 6.07) is 11.5. The molecule has 0 spiro atoms. The number of hydrogen-bond acceptors (Lipinski definition) is 3. The Balaban J connectivity index is 1.91. The van der Waals surface area contributed by atoms with Gasteiger partial charge in [0.2, 0.25) is 5.91 Å². The van der Waals surface area contributed by atoms with Crippen LogP contribution in [0.2, 0.25) is 5.02 Å². The zero-order chi connectivity index (χ0) is 16.8. The summed E-state index contributed by atoms with van der Waals surface area (Å²) in [6.45, 7) is 0.784. The van der Waals surface area contributed by atoms with Gasteiger partial charge in [-0.2, -0.15) is 0 Å². The summed E-state index contributed by atoms with van der Waals surface area (Å²) in [5, 5.41) is 2.85. The van der Waals surface area contributed by atoms with Gasteiger partial charge in [0.25, 0.3) is 0 Å². The van der Waals surface area contributed by atoms with E-state index in [2.05, 4.69) is 5.32 Å². The molecule has 2 rings (SSSR count). The number of ether oxygens (including phenoxy) is 1. The zero-order valence-corrected chi connectivity index (χ0v) is 13.7. The van der Waals surface area contributed by atoms with Crippen molar-refractivity contribution in [2.75, 3.05) is 26.0 Å². The van der Waals surface area contributed by atoms with E-state index in [9.17, 15) is 9.18 Å². The quantitative estimate of drug-likeness (QED) is 0.877. The monoisotopic (exact) mass is 336 g/mol. The van der Waals surface area contributed by atoms with Crippen LogP contribution < -0.4 is 10.1 Å². The smallest absolute Gasteiger partial charge is 0.238 e. The number of amides is 1. The molecule has 6 heteroatoms. The fourth-order valence-electron chi connectivity index (χ4n) is 2.16. The van der Waals surface area contributed by atoms with Crippen molar-refractivity contribution < 1.29 is 13.9 Å². The van der Waals surface area contributed by atoms with Crippen molar-refractivity contribution in [3.8, 4) is 5.75 Å². The van der Waals surface area contributed by atoms with E-state index in [1.165, 1.54) is 12.1 Å². The highest BCUT2D eigenvalue weighted by Crippen LogP contribution is 2.22. The number of benzene rings is 2. The van der Waals surface area contributed by atoms with Crippen LogP contribution in [0.4, 0.5) is 10.1 Å². The van der Waals surface area contributed by atoms with E-state index >= 15 is 0 Å². The molecule has 0 saturated carbocycles. The van der Waals surface area contributed by atoms with Gasteiger partial charge >= 0.3 is 0 Å². The third-order valence-electron chi connectivity index (χ3n) is 3.21. The molecule has 0 aliphatic heterocycles. The van der Waals surface area contributed by atoms with Gasteiger partial charge < -0.3 is 10.1 Å². The lowest BCUT2D eigenvalue weighted by Gasteiger charge is -2.17. The number of rotatable bonds is 6. The van der Waals surface area contributed by atoms with Gasteiger partial charge in [0.1, 0.15) is 11.6 Å². The summed E-state index contributed by atoms with van der Waals surface area (Å²) in [5.74, 6) is 0.116. The summed E-state index contributed by atoms with van der Waals surface area (Å²) >= 11 is 5.89. The Morgan fingerprint density at radius 1 is 1.30 bits per heavy atom. The number of hydrogen-bond donors (Lipinski definition) is 1. The van der Waals surface area contributed by atoms with Crippen molar-refractivity contribution in [3.63, 3.8) is 0 Å². The van der Waals surface area contributed by atoms with Crippen molar-refractivity contribution in [3.05, 3.63) is 58.9 Å². The van der Waals surface area contributed by atoms with Crippen molar-refractivity contribution in [2.45, 2.75) is 6.54 Å². The molecule has 0 unspecified atom stereocenters. The van der Waals surface area contributed by atoms with Crippen LogP contribution in [0.1, 0.15) is 5.56 Å². The fraction of sp³-hybridized carbons (Fsp3) is 0.235. The number of likely N-dealkylation sites (N-methyl/N-ethyl adjacent to an activating group) is 1. The fourth-order valence-corrected chi connectivity index (χ4v) is 2.38. The van der Waals surface area contributed by atoms with Crippen LogP contribution in [0.5, 0.6) is 5.75 Å². The summed E-state index contributed by atoms with van der Waals surface area (Å²) in [6.07, 6.45) is 0. The predicted octanol–water partition coefficient (Wildman–Crippen LogP) is 3.56. The lowest BCUT2D eigenvalue weighted by Crippen LogP contribution is -2.29. The van der Waals surface area contributed by atoms with E-state index in [1.807, 2.05) is 36.2 Å². The van der Waals surface area contributed by atoms with Crippen LogP contribution in [0.25, 0.3) is 0 Å². The molecule has 1 amide bonds. The molecule has 0 aromatic heterocycles. The molecule has 122 valence electrons. The molecular weight excluding hydrogens is 319 g/mol. The SMILES string of the molecule is COc1cccc(CN(C)CC(=O)Nc2ccc(F)cc2Cl)c1. The Kier molecular flexibility index (Phi) is 5.96. The van der Waals surface area contributed by atoms with Gasteiger partial charge in [-0.05, 0) is 42.9 Å². The number of carbonyl (C=O) groups excluding carboxylic acids is 1. The maximum Gasteiger partial charge on any atom is 0.238 e. The van der Waals surface area contributed by atoms with Gasteiger partial charge in [-0.15, -0.1) is 0 Å². The molecule has 2 aromatic rings. The van der Waals surface area contributed by atoms with Crippen LogP contribution in [0, 0.1) is 5.82 Å². The van der Waals surface area contributed by atoms with E-state index < -0.39 is 5.82 Å². The van der Waals surface area contributed by atoms with Gasteiger partial charge in [-0.1, -0.05) is 23.7 Å². The molecule has 2 aromatic carbocycles. The highest BCUT2D eigenvalue weighted by molar-refractivity contribution is 6.33. The Morgan fingerprint density at radius 2 is 2.09 bits per heavy atom. The maximum absolute atomic E-state index is 13.0. The van der Waals surface area contributed by atoms with Crippen molar-refractivity contribution in [2.24, 2.45) is 0 Å². The molecule has 1 N–H and O–H groups in total. The number of nitrogens with zero attached hydrogens (tertiary/aromatic N) is 1. The molecule has 0 saturated heterocycles. The first-order valence-corrected chi connectivity index (χ1v) is 7.42. The second-order valence-electron chi connectivity index (χ2n) is 5.20. The molecule has 0 atom stereocenters. The average Bonchev–Trinajstić information content (AvgIpc) is 2.50. The van der Waals surface area contributed by atoms with Gasteiger partial charge in [0.05, 0.1) is 24.4 Å². The standard InChI is InChI=1S/C17H18ClFN2O2/c1-21(10-12-4-3-5-14(8-12)23-2)11-17(22)20-16-7-6-13(19)9-15(16)18/h3-9H,10-11H2,1-2H3,(H,20,22). The van der Waals surface area contributed by atoms with Gasteiger partial charge in [-0.3, -0.25) is 9.69 Å². The minimum atomic E-state index is -0.442. The molecule has 0 heterocycles. The Bertz CT molecular complexity index is 694. The van der Waals surface area contributed by atoms with E-state index in [0.717, 1.165) is 17.4 Å². The van der Waals surface area contributed by atoms with Crippen LogP contribution in [0.15, 0.2) is 42.5 Å². The van der Waals surface area contributed by atoms with Crippen molar-refractivity contribution >= 4 is 23.2 Å². The number of anilines is 1. The normalized spacial score (nSPS) is 10.7. The van der Waals surface area contributed by atoms with Gasteiger partial charge in [0.15, 0.2) is 0 Å². The summed E-state index contributed by atoms with van der Waals surface area (Å²) in [4.78, 5) is 13.9. The highest BCUT2D eigenvalue weighted by atomic mass is 35.5. The molecule has 0 fully saturated rings. The minimum Gasteiger partial charge on any atom is -0.497 e. The Labute approximate surface area is 139 Å². The molecule has 0 radical (unpaired) electrons. The maximum atomic E-state index is 13.0. The summed E-state index contributed by atoms with van der Waals surface area (Å²) in [7, 11) is 3.45. The highest BCUT2D eigenvalue weighted by Gasteiger charge is 2.10. The second kappa shape index (κ2) is 7.94. The third-order valence-corrected chi connectivity index (χ3v) is 3.52. The summed E-state index contributed by atoms with van der Waals surface area (Å²) < 4.78 is 18.2. The first kappa shape index (κ1) is 17.2. The van der Waals surface area contributed by atoms with Crippen LogP contribution in [-0.4, -0.2) is 31.5 Å². The van der Waals surface area contributed by atoms with Crippen LogP contribution in [0.3, 0.4) is 0 Å². The lowest BCUT2D eigenvalue weighted by atomic mass is 10.2. The Hall–Kier alpha value is -2.11. The number of nitrogens with one attached hydrogen (secondary N) is 1. The molecule has 4 nitrogen and oxygen atoms in total. The van der Waals surface area contributed by atoms with Crippen molar-refractivity contribution in [1.82, 2.24) is 4.90 Å². The predicted molar refractivity (Wildman–Crippen MR) is 89.4 cm³/mol. The third kappa shape index (κ3) is 5.23. The van der Waals surface area contributed by atoms with Gasteiger partial charge in [0, 0.05) is 6.54 Å². The summed E-state index contributed by atoms with van der Waals surface area (Å²) in [5.41, 5.74) is 1.44. The first-order chi connectivity index (χ1) is 11.0. The van der Waals surface area contributed by atoms with Crippen LogP contribution >= 0.6 is 11.6 Å². The Morgan fingerprint density at radius 3 is 2.78 bits per heavy atom. The second-order valence-corrected chi connectivity index (χ2v) is 5.60. The molecule has 0 aliphatic carbocycles. The van der Waals surface area contributed by atoms with E-state index in [0.29, 0.717) is 12.2 Å². The number of methoxy groups -OCH3 is 1. The van der Waals surface area contributed by atoms with E-state index in [1.54, 1.807) is 7.11 Å². The molecule has 0 bridgehead atoms. The van der Waals surface area contributed by atoms with Gasteiger partial charge in [-0.25, -0.2) is 4.39 Å². The first-order valence-electron chi connectivity index (χ1n) is 7.04. The molecular formula is C17H18ClFN2O2. The molecule has 0 aliphatic rings. The van der Waals surface area contributed by atoms with Crippen molar-refractivity contribution in [1.29, 1.82) is 0 Å². The average molecular weight is 337 g/mol. The molecule has 23 heavy (non-hydrogen) atoms. The number of carbonyl (C=O) groups is 1. The largest absolute Gasteiger partial charge is 0.497 e. The number of halogens is 2. The minimum absolute atomic E-state index is 0.175. The van der Waals surface area contributed by atoms with E-state index in [4.69, 9.17) is 16.3 Å². The zero-order valence-electron chi connectivity index (χ0n) is 13.0. The van der Waals surface area contributed by atoms with Crippen LogP contribution in [-0.2, 0) is 11.3 Å².